The molecule has 2 rings (SSSR count). The molecule has 2 aromatic heterocycles. The normalized spacial score (nSPS) is 11.4. The Morgan fingerprint density at radius 3 is 2.87 bits per heavy atom. The quantitative estimate of drug-likeness (QED) is 0.271. The van der Waals surface area contributed by atoms with Crippen molar-refractivity contribution < 1.29 is 4.42 Å². The summed E-state index contributed by atoms with van der Waals surface area (Å²) in [6.07, 6.45) is 3.94. The molecule has 0 aromatic carbocycles. The van der Waals surface area contributed by atoms with Crippen molar-refractivity contribution in [2.75, 3.05) is 13.6 Å². The summed E-state index contributed by atoms with van der Waals surface area (Å²) in [7, 11) is 1.76. The number of nitrogens with zero attached hydrogens (tertiary/aromatic N) is 3. The molecule has 2 heterocycles. The largest absolute Gasteiger partial charge is 0.461 e. The van der Waals surface area contributed by atoms with Crippen LogP contribution >= 0.6 is 24.0 Å². The number of aromatic amines is 1. The molecule has 0 radical (unpaired) electrons. The van der Waals surface area contributed by atoms with Crippen molar-refractivity contribution in [2.24, 2.45) is 10.9 Å². The van der Waals surface area contributed by atoms with E-state index in [0.29, 0.717) is 18.1 Å². The highest BCUT2D eigenvalue weighted by atomic mass is 127. The molecule has 7 nitrogen and oxygen atoms in total. The van der Waals surface area contributed by atoms with Gasteiger partial charge in [-0.05, 0) is 30.9 Å². The number of rotatable bonds is 7. The Bertz CT molecular complexity index is 579. The number of hydrogen-bond acceptors (Lipinski definition) is 4. The van der Waals surface area contributed by atoms with Crippen LogP contribution in [0.4, 0.5) is 0 Å². The summed E-state index contributed by atoms with van der Waals surface area (Å²) in [5.74, 6) is 3.43. The number of furan rings is 1. The summed E-state index contributed by atoms with van der Waals surface area (Å²) in [4.78, 5) is 8.56. The highest BCUT2D eigenvalue weighted by Crippen LogP contribution is 2.14. The molecule has 23 heavy (non-hydrogen) atoms. The van der Waals surface area contributed by atoms with Crippen molar-refractivity contribution >= 4 is 29.9 Å². The Hall–Kier alpha value is -1.58. The fourth-order valence-electron chi connectivity index (χ4n) is 2.00. The molecular formula is C15H25IN6O. The van der Waals surface area contributed by atoms with Crippen molar-refractivity contribution in [3.63, 3.8) is 0 Å². The molecule has 0 aliphatic carbocycles. The first-order valence-electron chi connectivity index (χ1n) is 7.58. The fourth-order valence-corrected chi connectivity index (χ4v) is 2.00. The Morgan fingerprint density at radius 2 is 2.22 bits per heavy atom. The molecule has 128 valence electrons. The average Bonchev–Trinajstić information content (AvgIpc) is 3.17. The highest BCUT2D eigenvalue weighted by Gasteiger charge is 2.08. The van der Waals surface area contributed by atoms with E-state index in [4.69, 9.17) is 4.42 Å². The minimum atomic E-state index is 0. The van der Waals surface area contributed by atoms with Crippen LogP contribution in [0, 0.1) is 5.92 Å². The van der Waals surface area contributed by atoms with Crippen molar-refractivity contribution in [3.8, 4) is 11.6 Å². The zero-order valence-electron chi connectivity index (χ0n) is 13.8. The van der Waals surface area contributed by atoms with Gasteiger partial charge < -0.3 is 15.1 Å². The Balaban J connectivity index is 0.00000264. The fraction of sp³-hybridized carbons (Fsp3) is 0.533. The maximum Gasteiger partial charge on any atom is 0.216 e. The zero-order valence-corrected chi connectivity index (χ0v) is 16.1. The predicted molar refractivity (Wildman–Crippen MR) is 102 cm³/mol. The standard InChI is InChI=1S/C15H24N6O.HI/c1-11(2)6-4-8-17-15(16-3)18-10-13-19-14(21-20-13)12-7-5-9-22-12;/h5,7,9,11H,4,6,8,10H2,1-3H3,(H2,16,17,18)(H,19,20,21);1H. The van der Waals surface area contributed by atoms with E-state index in [9.17, 15) is 0 Å². The maximum absolute atomic E-state index is 5.26. The first kappa shape index (κ1) is 19.5. The molecule has 0 atom stereocenters. The number of halogens is 1. The van der Waals surface area contributed by atoms with Gasteiger partial charge in [0.25, 0.3) is 0 Å². The topological polar surface area (TPSA) is 91.1 Å². The summed E-state index contributed by atoms with van der Waals surface area (Å²) in [6, 6.07) is 3.64. The number of aliphatic imine (C=N–C) groups is 1. The molecule has 0 amide bonds. The van der Waals surface area contributed by atoms with Crippen LogP contribution in [-0.4, -0.2) is 34.7 Å². The van der Waals surface area contributed by atoms with E-state index in [1.54, 1.807) is 13.3 Å². The zero-order chi connectivity index (χ0) is 15.8. The molecule has 0 spiro atoms. The van der Waals surface area contributed by atoms with Gasteiger partial charge in [0.15, 0.2) is 11.7 Å². The third kappa shape index (κ3) is 6.59. The molecule has 0 saturated heterocycles. The Kier molecular flexibility index (Phi) is 8.67. The van der Waals surface area contributed by atoms with Gasteiger partial charge in [0.05, 0.1) is 12.8 Å². The lowest BCUT2D eigenvalue weighted by Crippen LogP contribution is -2.37. The Labute approximate surface area is 153 Å². The number of H-pyrrole nitrogens is 1. The summed E-state index contributed by atoms with van der Waals surface area (Å²) in [5.41, 5.74) is 0. The van der Waals surface area contributed by atoms with Gasteiger partial charge >= 0.3 is 0 Å². The number of guanidine groups is 1. The van der Waals surface area contributed by atoms with Crippen LogP contribution in [0.2, 0.25) is 0 Å². The number of aromatic nitrogens is 3. The maximum atomic E-state index is 5.26. The van der Waals surface area contributed by atoms with Crippen molar-refractivity contribution in [1.82, 2.24) is 25.8 Å². The van der Waals surface area contributed by atoms with E-state index in [2.05, 4.69) is 44.7 Å². The van der Waals surface area contributed by atoms with Crippen LogP contribution < -0.4 is 10.6 Å². The minimum absolute atomic E-state index is 0. The molecule has 2 aromatic rings. The van der Waals surface area contributed by atoms with Crippen molar-refractivity contribution in [2.45, 2.75) is 33.2 Å². The first-order valence-corrected chi connectivity index (χ1v) is 7.58. The van der Waals surface area contributed by atoms with Crippen LogP contribution in [0.3, 0.4) is 0 Å². The van der Waals surface area contributed by atoms with Crippen molar-refractivity contribution in [1.29, 1.82) is 0 Å². The van der Waals surface area contributed by atoms with Gasteiger partial charge in [-0.25, -0.2) is 4.98 Å². The second-order valence-corrected chi connectivity index (χ2v) is 5.47. The lowest BCUT2D eigenvalue weighted by molar-refractivity contribution is 0.549. The van der Waals surface area contributed by atoms with E-state index in [-0.39, 0.29) is 24.0 Å². The lowest BCUT2D eigenvalue weighted by Gasteiger charge is -2.11. The van der Waals surface area contributed by atoms with E-state index in [1.165, 1.54) is 6.42 Å². The summed E-state index contributed by atoms with van der Waals surface area (Å²) in [6.45, 7) is 5.89. The van der Waals surface area contributed by atoms with Gasteiger partial charge in [0.2, 0.25) is 5.82 Å². The number of nitrogens with one attached hydrogen (secondary N) is 3. The van der Waals surface area contributed by atoms with Gasteiger partial charge in [0, 0.05) is 13.6 Å². The van der Waals surface area contributed by atoms with Gasteiger partial charge in [-0.15, -0.1) is 29.1 Å². The molecular weight excluding hydrogens is 407 g/mol. The van der Waals surface area contributed by atoms with Crippen LogP contribution in [0.5, 0.6) is 0 Å². The molecule has 0 bridgehead atoms. The minimum Gasteiger partial charge on any atom is -0.461 e. The van der Waals surface area contributed by atoms with Crippen LogP contribution in [0.1, 0.15) is 32.5 Å². The molecule has 0 fully saturated rings. The molecule has 0 aliphatic heterocycles. The highest BCUT2D eigenvalue weighted by molar-refractivity contribution is 14.0. The molecule has 0 aliphatic rings. The van der Waals surface area contributed by atoms with Gasteiger partial charge in [0.1, 0.15) is 5.82 Å². The summed E-state index contributed by atoms with van der Waals surface area (Å²) < 4.78 is 5.26. The SMILES string of the molecule is CN=C(NCCCC(C)C)NCc1nc(-c2ccco2)n[nH]1.I. The first-order chi connectivity index (χ1) is 10.7. The third-order valence-electron chi connectivity index (χ3n) is 3.17. The van der Waals surface area contributed by atoms with E-state index in [0.717, 1.165) is 30.7 Å². The summed E-state index contributed by atoms with van der Waals surface area (Å²) in [5, 5.41) is 13.5. The molecule has 8 heteroatoms. The van der Waals surface area contributed by atoms with Gasteiger partial charge in [-0.3, -0.25) is 10.1 Å². The smallest absolute Gasteiger partial charge is 0.216 e. The predicted octanol–water partition coefficient (Wildman–Crippen LogP) is 2.78. The molecule has 3 N–H and O–H groups in total. The second-order valence-electron chi connectivity index (χ2n) is 5.47. The average molecular weight is 432 g/mol. The number of hydrogen-bond donors (Lipinski definition) is 3. The lowest BCUT2D eigenvalue weighted by atomic mass is 10.1. The molecule has 0 saturated carbocycles. The van der Waals surface area contributed by atoms with E-state index < -0.39 is 0 Å². The third-order valence-corrected chi connectivity index (χ3v) is 3.17. The summed E-state index contributed by atoms with van der Waals surface area (Å²) >= 11 is 0. The van der Waals surface area contributed by atoms with Gasteiger partial charge in [-0.1, -0.05) is 13.8 Å². The van der Waals surface area contributed by atoms with Crippen molar-refractivity contribution in [3.05, 3.63) is 24.2 Å². The Morgan fingerprint density at radius 1 is 1.39 bits per heavy atom. The van der Waals surface area contributed by atoms with Crippen LogP contribution in [0.15, 0.2) is 27.8 Å². The van der Waals surface area contributed by atoms with E-state index in [1.807, 2.05) is 12.1 Å². The monoisotopic (exact) mass is 432 g/mol. The molecule has 0 unspecified atom stereocenters. The second kappa shape index (κ2) is 10.2. The van der Waals surface area contributed by atoms with Crippen LogP contribution in [-0.2, 0) is 6.54 Å². The van der Waals surface area contributed by atoms with Gasteiger partial charge in [-0.2, -0.15) is 0 Å². The van der Waals surface area contributed by atoms with E-state index >= 15 is 0 Å². The van der Waals surface area contributed by atoms with Crippen LogP contribution in [0.25, 0.3) is 11.6 Å².